The van der Waals surface area contributed by atoms with Crippen molar-refractivity contribution in [2.45, 2.75) is 32.9 Å². The molecule has 37 heavy (non-hydrogen) atoms. The summed E-state index contributed by atoms with van der Waals surface area (Å²) in [5.41, 5.74) is 3.56. The predicted molar refractivity (Wildman–Crippen MR) is 141 cm³/mol. The zero-order valence-electron chi connectivity index (χ0n) is 20.8. The Morgan fingerprint density at radius 2 is 2.16 bits per heavy atom. The molecule has 4 aromatic rings. The fraction of sp³-hybridized carbons (Fsp3) is 0.346. The van der Waals surface area contributed by atoms with Crippen LogP contribution in [0.15, 0.2) is 53.6 Å². The molecule has 11 heteroatoms. The summed E-state index contributed by atoms with van der Waals surface area (Å²) in [6, 6.07) is 9.44. The van der Waals surface area contributed by atoms with Crippen LogP contribution in [0.3, 0.4) is 0 Å². The molecule has 4 heterocycles. The summed E-state index contributed by atoms with van der Waals surface area (Å²) in [7, 11) is 0. The first kappa shape index (κ1) is 24.9. The van der Waals surface area contributed by atoms with Gasteiger partial charge in [0.25, 0.3) is 5.91 Å². The average molecular weight is 521 g/mol. The molecule has 0 bridgehead atoms. The van der Waals surface area contributed by atoms with Crippen molar-refractivity contribution >= 4 is 23.5 Å². The van der Waals surface area contributed by atoms with E-state index in [4.69, 9.17) is 21.1 Å². The number of benzene rings is 1. The average Bonchev–Trinajstić information content (AvgIpc) is 3.68. The van der Waals surface area contributed by atoms with E-state index < -0.39 is 0 Å². The summed E-state index contributed by atoms with van der Waals surface area (Å²) in [5, 5.41) is 8.44. The number of nitrogens with zero attached hydrogens (tertiary/aromatic N) is 6. The summed E-state index contributed by atoms with van der Waals surface area (Å²) in [6.07, 6.45) is 5.57. The second kappa shape index (κ2) is 11.1. The third kappa shape index (κ3) is 5.50. The van der Waals surface area contributed by atoms with Gasteiger partial charge < -0.3 is 19.7 Å². The van der Waals surface area contributed by atoms with Crippen LogP contribution >= 0.6 is 11.6 Å². The van der Waals surface area contributed by atoms with Crippen LogP contribution in [-0.4, -0.2) is 73.0 Å². The Morgan fingerprint density at radius 3 is 2.92 bits per heavy atom. The Labute approximate surface area is 220 Å². The molecule has 0 saturated carbocycles. The summed E-state index contributed by atoms with van der Waals surface area (Å²) in [6.45, 7) is 7.81. The number of aromatic amines is 1. The molecule has 1 aliphatic heterocycles. The molecule has 0 aliphatic carbocycles. The van der Waals surface area contributed by atoms with Gasteiger partial charge in [0.2, 0.25) is 5.95 Å². The highest BCUT2D eigenvalue weighted by molar-refractivity contribution is 6.30. The van der Waals surface area contributed by atoms with Gasteiger partial charge in [-0.1, -0.05) is 42.7 Å². The lowest BCUT2D eigenvalue weighted by Crippen LogP contribution is -2.32. The van der Waals surface area contributed by atoms with Crippen LogP contribution in [0.5, 0.6) is 0 Å². The Balaban J connectivity index is 1.41. The maximum absolute atomic E-state index is 12.7. The number of carbonyl (C=O) groups excluding carboxylic acids is 1. The summed E-state index contributed by atoms with van der Waals surface area (Å²) in [5.74, 6) is 1.17. The van der Waals surface area contributed by atoms with Crippen LogP contribution in [0.1, 0.15) is 36.5 Å². The van der Waals surface area contributed by atoms with Crippen molar-refractivity contribution in [1.29, 1.82) is 0 Å². The monoisotopic (exact) mass is 520 g/mol. The lowest BCUT2D eigenvalue weighted by Gasteiger charge is -2.17. The van der Waals surface area contributed by atoms with Crippen LogP contribution in [-0.2, 0) is 6.54 Å². The number of likely N-dealkylation sites (tertiary alicyclic amines) is 1. The first-order chi connectivity index (χ1) is 18.1. The topological polar surface area (TPSA) is 116 Å². The molecule has 2 N–H and O–H groups in total. The molecule has 1 atom stereocenters. The molecule has 1 saturated heterocycles. The van der Waals surface area contributed by atoms with Gasteiger partial charge in [0.1, 0.15) is 11.4 Å². The van der Waals surface area contributed by atoms with Crippen molar-refractivity contribution in [3.8, 4) is 22.5 Å². The molecule has 0 spiro atoms. The Hall–Kier alpha value is -3.76. The Kier molecular flexibility index (Phi) is 7.47. The van der Waals surface area contributed by atoms with Crippen LogP contribution in [0, 0.1) is 0 Å². The number of imidazole rings is 1. The molecule has 3 aromatic heterocycles. The highest BCUT2D eigenvalue weighted by Crippen LogP contribution is 2.35. The van der Waals surface area contributed by atoms with Gasteiger partial charge >= 0.3 is 0 Å². The SMILES string of the molecule is CCN(CC)Cc1onc(-c2cccc(Cl)c2)c1-c1ccnc(N[C@@H]2CCN(C(=O)c3cnc[nH]3)C2)n1. The zero-order chi connectivity index (χ0) is 25.8. The largest absolute Gasteiger partial charge is 0.359 e. The summed E-state index contributed by atoms with van der Waals surface area (Å²) in [4.78, 5) is 32.8. The smallest absolute Gasteiger partial charge is 0.271 e. The van der Waals surface area contributed by atoms with Gasteiger partial charge in [-0.2, -0.15) is 0 Å². The second-order valence-electron chi connectivity index (χ2n) is 8.91. The standard InChI is InChI=1S/C26H29ClN8O2/c1-3-34(4-2)15-22-23(24(33-37-22)17-6-5-7-18(27)12-17)20-8-10-29-26(32-20)31-19-9-11-35(14-19)25(36)21-13-28-16-30-21/h5-8,10,12-13,16,19H,3-4,9,11,14-15H2,1-2H3,(H,28,30)(H,29,31,32)/t19-/m1/s1. The fourth-order valence-corrected chi connectivity index (χ4v) is 4.73. The molecule has 10 nitrogen and oxygen atoms in total. The number of carbonyl (C=O) groups is 1. The first-order valence-electron chi connectivity index (χ1n) is 12.4. The Bertz CT molecular complexity index is 1350. The number of aromatic nitrogens is 5. The van der Waals surface area contributed by atoms with Gasteiger partial charge in [0.05, 0.1) is 30.3 Å². The van der Waals surface area contributed by atoms with E-state index in [0.29, 0.717) is 47.7 Å². The lowest BCUT2D eigenvalue weighted by atomic mass is 10.0. The minimum absolute atomic E-state index is 0.0344. The normalized spacial score (nSPS) is 15.5. The number of anilines is 1. The van der Waals surface area contributed by atoms with Gasteiger partial charge in [-0.15, -0.1) is 0 Å². The predicted octanol–water partition coefficient (Wildman–Crippen LogP) is 4.34. The molecule has 5 rings (SSSR count). The van der Waals surface area contributed by atoms with E-state index in [1.54, 1.807) is 17.3 Å². The van der Waals surface area contributed by atoms with E-state index in [-0.39, 0.29) is 11.9 Å². The third-order valence-electron chi connectivity index (χ3n) is 6.57. The molecule has 1 aromatic carbocycles. The molecular weight excluding hydrogens is 492 g/mol. The van der Waals surface area contributed by atoms with Crippen molar-refractivity contribution in [3.63, 3.8) is 0 Å². The molecule has 192 valence electrons. The van der Waals surface area contributed by atoms with Crippen LogP contribution < -0.4 is 5.32 Å². The van der Waals surface area contributed by atoms with Gasteiger partial charge in [0, 0.05) is 35.9 Å². The van der Waals surface area contributed by atoms with E-state index in [1.165, 1.54) is 6.33 Å². The number of rotatable bonds is 9. The number of H-pyrrole nitrogens is 1. The minimum atomic E-state index is -0.0619. The van der Waals surface area contributed by atoms with Crippen molar-refractivity contribution in [2.24, 2.45) is 0 Å². The Morgan fingerprint density at radius 1 is 1.30 bits per heavy atom. The summed E-state index contributed by atoms with van der Waals surface area (Å²) >= 11 is 6.28. The fourth-order valence-electron chi connectivity index (χ4n) is 4.54. The number of hydrogen-bond acceptors (Lipinski definition) is 8. The van der Waals surface area contributed by atoms with Crippen LogP contribution in [0.4, 0.5) is 5.95 Å². The van der Waals surface area contributed by atoms with Crippen molar-refractivity contribution in [2.75, 3.05) is 31.5 Å². The zero-order valence-corrected chi connectivity index (χ0v) is 21.6. The van der Waals surface area contributed by atoms with E-state index >= 15 is 0 Å². The van der Waals surface area contributed by atoms with E-state index in [0.717, 1.165) is 36.4 Å². The van der Waals surface area contributed by atoms with Crippen molar-refractivity contribution in [1.82, 2.24) is 34.9 Å². The van der Waals surface area contributed by atoms with E-state index in [9.17, 15) is 4.79 Å². The molecule has 0 radical (unpaired) electrons. The molecular formula is C26H29ClN8O2. The lowest BCUT2D eigenvalue weighted by molar-refractivity contribution is 0.0786. The maximum atomic E-state index is 12.7. The van der Waals surface area contributed by atoms with E-state index in [1.807, 2.05) is 30.3 Å². The molecule has 1 aliphatic rings. The first-order valence-corrected chi connectivity index (χ1v) is 12.8. The second-order valence-corrected chi connectivity index (χ2v) is 9.35. The quantitative estimate of drug-likeness (QED) is 0.335. The van der Waals surface area contributed by atoms with Crippen molar-refractivity contribution in [3.05, 3.63) is 65.5 Å². The minimum Gasteiger partial charge on any atom is -0.359 e. The number of hydrogen-bond donors (Lipinski definition) is 2. The molecule has 0 unspecified atom stereocenters. The number of amides is 1. The highest BCUT2D eigenvalue weighted by Gasteiger charge is 2.28. The van der Waals surface area contributed by atoms with E-state index in [2.05, 4.69) is 44.2 Å². The number of halogens is 1. The van der Waals surface area contributed by atoms with Gasteiger partial charge in [-0.25, -0.2) is 15.0 Å². The molecule has 1 fully saturated rings. The highest BCUT2D eigenvalue weighted by atomic mass is 35.5. The maximum Gasteiger partial charge on any atom is 0.271 e. The van der Waals surface area contributed by atoms with Crippen molar-refractivity contribution < 1.29 is 9.32 Å². The van der Waals surface area contributed by atoms with Crippen LogP contribution in [0.2, 0.25) is 5.02 Å². The third-order valence-corrected chi connectivity index (χ3v) is 6.81. The summed E-state index contributed by atoms with van der Waals surface area (Å²) < 4.78 is 5.86. The van der Waals surface area contributed by atoms with Crippen LogP contribution in [0.25, 0.3) is 22.5 Å². The van der Waals surface area contributed by atoms with Gasteiger partial charge in [-0.3, -0.25) is 9.69 Å². The van der Waals surface area contributed by atoms with Gasteiger partial charge in [-0.05, 0) is 37.7 Å². The van der Waals surface area contributed by atoms with Gasteiger partial charge in [0.15, 0.2) is 5.76 Å². The number of nitrogens with one attached hydrogen (secondary N) is 2. The molecule has 1 amide bonds.